The molecule has 5 nitrogen and oxygen atoms in total. The zero-order valence-corrected chi connectivity index (χ0v) is 9.00. The van der Waals surface area contributed by atoms with Crippen molar-refractivity contribution in [2.75, 3.05) is 0 Å². The first kappa shape index (κ1) is 10.5. The van der Waals surface area contributed by atoms with Gasteiger partial charge in [-0.3, -0.25) is 14.5 Å². The summed E-state index contributed by atoms with van der Waals surface area (Å²) in [5.41, 5.74) is 0.559. The Bertz CT molecular complexity index is 478. The van der Waals surface area contributed by atoms with E-state index in [9.17, 15) is 4.79 Å². The van der Waals surface area contributed by atoms with Crippen LogP contribution in [0.4, 0.5) is 0 Å². The smallest absolute Gasteiger partial charge is 0.232 e. The van der Waals surface area contributed by atoms with E-state index >= 15 is 0 Å². The number of carbonyl (C=O) groups excluding carboxylic acids is 1. The van der Waals surface area contributed by atoms with Gasteiger partial charge in [0.15, 0.2) is 0 Å². The number of aromatic nitrogens is 4. The predicted octanol–water partition coefficient (Wildman–Crippen LogP) is 1.31. The normalized spacial score (nSPS) is 10.3. The van der Waals surface area contributed by atoms with E-state index in [0.29, 0.717) is 5.56 Å². The maximum atomic E-state index is 11.9. The first-order chi connectivity index (χ1) is 7.81. The van der Waals surface area contributed by atoms with Crippen molar-refractivity contribution in [3.63, 3.8) is 0 Å². The molecule has 0 aliphatic heterocycles. The van der Waals surface area contributed by atoms with Crippen LogP contribution in [0.3, 0.4) is 0 Å². The molecule has 0 spiro atoms. The van der Waals surface area contributed by atoms with Gasteiger partial charge in [-0.25, -0.2) is 4.98 Å². The fourth-order valence-electron chi connectivity index (χ4n) is 1.37. The highest BCUT2D eigenvalue weighted by Crippen LogP contribution is 2.04. The first-order valence-electron chi connectivity index (χ1n) is 5.15. The van der Waals surface area contributed by atoms with Crippen LogP contribution in [0.1, 0.15) is 29.5 Å². The minimum absolute atomic E-state index is 0.169. The molecule has 0 amide bonds. The molecule has 16 heavy (non-hydrogen) atoms. The van der Waals surface area contributed by atoms with Crippen LogP contribution < -0.4 is 0 Å². The van der Waals surface area contributed by atoms with Gasteiger partial charge in [-0.05, 0) is 18.6 Å². The van der Waals surface area contributed by atoms with Crippen molar-refractivity contribution in [3.05, 3.63) is 42.2 Å². The van der Waals surface area contributed by atoms with Gasteiger partial charge in [-0.15, -0.1) is 5.10 Å². The van der Waals surface area contributed by atoms with Crippen molar-refractivity contribution in [1.82, 2.24) is 19.7 Å². The lowest BCUT2D eigenvalue weighted by atomic mass is 10.2. The monoisotopic (exact) mass is 216 g/mol. The second-order valence-electron chi connectivity index (χ2n) is 3.40. The molecule has 2 rings (SSSR count). The molecule has 2 heterocycles. The van der Waals surface area contributed by atoms with E-state index in [1.54, 1.807) is 35.5 Å². The number of carbonyl (C=O) groups is 1. The molecule has 0 bridgehead atoms. The van der Waals surface area contributed by atoms with E-state index in [0.717, 1.165) is 13.0 Å². The molecule has 0 atom stereocenters. The van der Waals surface area contributed by atoms with Gasteiger partial charge in [0.2, 0.25) is 11.6 Å². The second kappa shape index (κ2) is 4.65. The van der Waals surface area contributed by atoms with Crippen molar-refractivity contribution >= 4 is 5.78 Å². The van der Waals surface area contributed by atoms with Crippen LogP contribution in [-0.2, 0) is 6.54 Å². The third-order valence-electron chi connectivity index (χ3n) is 2.13. The molecule has 2 aromatic rings. The summed E-state index contributed by atoms with van der Waals surface area (Å²) < 4.78 is 1.68. The molecule has 0 saturated heterocycles. The van der Waals surface area contributed by atoms with Gasteiger partial charge in [0.1, 0.15) is 6.33 Å². The molecule has 5 heteroatoms. The van der Waals surface area contributed by atoms with Gasteiger partial charge in [0, 0.05) is 24.5 Å². The van der Waals surface area contributed by atoms with E-state index in [1.807, 2.05) is 6.92 Å². The minimum Gasteiger partial charge on any atom is -0.285 e. The molecule has 0 aromatic carbocycles. The average Bonchev–Trinajstić information content (AvgIpc) is 2.78. The van der Waals surface area contributed by atoms with Gasteiger partial charge >= 0.3 is 0 Å². The Balaban J connectivity index is 2.21. The van der Waals surface area contributed by atoms with Crippen LogP contribution in [0.5, 0.6) is 0 Å². The highest BCUT2D eigenvalue weighted by molar-refractivity contribution is 6.06. The van der Waals surface area contributed by atoms with Crippen molar-refractivity contribution in [3.8, 4) is 0 Å². The molecule has 82 valence electrons. The first-order valence-corrected chi connectivity index (χ1v) is 5.15. The van der Waals surface area contributed by atoms with Crippen LogP contribution in [-0.4, -0.2) is 25.5 Å². The maximum absolute atomic E-state index is 11.9. The SMILES string of the molecule is CCCn1cnc(C(=O)c2ccncc2)n1. The van der Waals surface area contributed by atoms with E-state index in [4.69, 9.17) is 0 Å². The minimum atomic E-state index is -0.169. The van der Waals surface area contributed by atoms with Crippen molar-refractivity contribution in [1.29, 1.82) is 0 Å². The Morgan fingerprint density at radius 2 is 2.12 bits per heavy atom. The lowest BCUT2D eigenvalue weighted by Gasteiger charge is -1.95. The third-order valence-corrected chi connectivity index (χ3v) is 2.13. The second-order valence-corrected chi connectivity index (χ2v) is 3.40. The molecule has 2 aromatic heterocycles. The fourth-order valence-corrected chi connectivity index (χ4v) is 1.37. The summed E-state index contributed by atoms with van der Waals surface area (Å²) in [5, 5.41) is 4.11. The topological polar surface area (TPSA) is 60.7 Å². The maximum Gasteiger partial charge on any atom is 0.232 e. The molecular formula is C11H12N4O. The molecule has 0 fully saturated rings. The molecular weight excluding hydrogens is 204 g/mol. The third kappa shape index (κ3) is 2.13. The van der Waals surface area contributed by atoms with Crippen LogP contribution in [0.25, 0.3) is 0 Å². The molecule has 0 unspecified atom stereocenters. The predicted molar refractivity (Wildman–Crippen MR) is 58.0 cm³/mol. The molecule has 0 saturated carbocycles. The van der Waals surface area contributed by atoms with Crippen molar-refractivity contribution in [2.24, 2.45) is 0 Å². The van der Waals surface area contributed by atoms with Gasteiger partial charge in [0.05, 0.1) is 0 Å². The van der Waals surface area contributed by atoms with E-state index in [2.05, 4.69) is 15.1 Å². The van der Waals surface area contributed by atoms with Gasteiger partial charge in [0.25, 0.3) is 0 Å². The highest BCUT2D eigenvalue weighted by atomic mass is 16.1. The Morgan fingerprint density at radius 1 is 1.38 bits per heavy atom. The van der Waals surface area contributed by atoms with E-state index in [1.165, 1.54) is 0 Å². The number of hydrogen-bond acceptors (Lipinski definition) is 4. The fraction of sp³-hybridized carbons (Fsp3) is 0.273. The number of hydrogen-bond donors (Lipinski definition) is 0. The van der Waals surface area contributed by atoms with Crippen LogP contribution in [0.2, 0.25) is 0 Å². The number of rotatable bonds is 4. The molecule has 0 aliphatic rings. The van der Waals surface area contributed by atoms with Crippen LogP contribution in [0.15, 0.2) is 30.9 Å². The van der Waals surface area contributed by atoms with Crippen molar-refractivity contribution in [2.45, 2.75) is 19.9 Å². The summed E-state index contributed by atoms with van der Waals surface area (Å²) in [4.78, 5) is 19.7. The van der Waals surface area contributed by atoms with Crippen LogP contribution >= 0.6 is 0 Å². The quantitative estimate of drug-likeness (QED) is 0.723. The zero-order valence-electron chi connectivity index (χ0n) is 9.00. The van der Waals surface area contributed by atoms with Gasteiger partial charge in [-0.1, -0.05) is 6.92 Å². The number of nitrogens with zero attached hydrogens (tertiary/aromatic N) is 4. The Labute approximate surface area is 93.2 Å². The summed E-state index contributed by atoms with van der Waals surface area (Å²) in [6.45, 7) is 2.82. The Hall–Kier alpha value is -2.04. The molecule has 0 radical (unpaired) electrons. The largest absolute Gasteiger partial charge is 0.285 e. The lowest BCUT2D eigenvalue weighted by Crippen LogP contribution is -2.05. The van der Waals surface area contributed by atoms with Gasteiger partial charge in [-0.2, -0.15) is 0 Å². The van der Waals surface area contributed by atoms with Crippen LogP contribution in [0, 0.1) is 0 Å². The molecule has 0 N–H and O–H groups in total. The summed E-state index contributed by atoms with van der Waals surface area (Å²) >= 11 is 0. The van der Waals surface area contributed by atoms with E-state index < -0.39 is 0 Å². The summed E-state index contributed by atoms with van der Waals surface area (Å²) in [5.74, 6) is 0.0666. The summed E-state index contributed by atoms with van der Waals surface area (Å²) in [6, 6.07) is 3.31. The number of aryl methyl sites for hydroxylation is 1. The number of pyridine rings is 1. The highest BCUT2D eigenvalue weighted by Gasteiger charge is 2.13. The Morgan fingerprint density at radius 3 is 2.81 bits per heavy atom. The summed E-state index contributed by atoms with van der Waals surface area (Å²) in [7, 11) is 0. The number of ketones is 1. The van der Waals surface area contributed by atoms with E-state index in [-0.39, 0.29) is 11.6 Å². The average molecular weight is 216 g/mol. The summed E-state index contributed by atoms with van der Waals surface area (Å²) in [6.07, 6.45) is 5.71. The standard InChI is InChI=1S/C11H12N4O/c1-2-7-15-8-13-11(14-15)10(16)9-3-5-12-6-4-9/h3-6,8H,2,7H2,1H3. The van der Waals surface area contributed by atoms with Crippen molar-refractivity contribution < 1.29 is 4.79 Å². The Kier molecular flexibility index (Phi) is 3.05. The van der Waals surface area contributed by atoms with Gasteiger partial charge < -0.3 is 0 Å². The zero-order chi connectivity index (χ0) is 11.4. The lowest BCUT2D eigenvalue weighted by molar-refractivity contribution is 0.102. The molecule has 0 aliphatic carbocycles.